The second-order valence-corrected chi connectivity index (χ2v) is 8.28. The zero-order chi connectivity index (χ0) is 19.0. The molecular formula is C19H25N3O3S. The highest BCUT2D eigenvalue weighted by atomic mass is 32.2. The van der Waals surface area contributed by atoms with Crippen LogP contribution in [0.5, 0.6) is 0 Å². The minimum Gasteiger partial charge on any atom is -0.338 e. The lowest BCUT2D eigenvalue weighted by atomic mass is 10.1. The zero-order valence-electron chi connectivity index (χ0n) is 15.1. The standard InChI is InChI=1S/C19H25N3O3S/c1-22(2)26(24,25)18-12-10-16(11-13-18)9-6-14-20-19(23)21-15-17-7-4-3-5-8-17/h3-5,7-8,10-13H,6,9,14-15H2,1-2H3,(H2,20,21,23). The third-order valence-electron chi connectivity index (χ3n) is 3.93. The molecule has 0 fully saturated rings. The van der Waals surface area contributed by atoms with Gasteiger partial charge in [-0.15, -0.1) is 0 Å². The minimum absolute atomic E-state index is 0.193. The highest BCUT2D eigenvalue weighted by Crippen LogP contribution is 2.14. The first kappa shape index (κ1) is 19.9. The lowest BCUT2D eigenvalue weighted by molar-refractivity contribution is 0.240. The van der Waals surface area contributed by atoms with E-state index in [4.69, 9.17) is 0 Å². The second kappa shape index (κ2) is 9.35. The largest absolute Gasteiger partial charge is 0.338 e. The molecule has 0 bridgehead atoms. The van der Waals surface area contributed by atoms with E-state index in [0.717, 1.165) is 24.0 Å². The van der Waals surface area contributed by atoms with Crippen LogP contribution in [0.25, 0.3) is 0 Å². The fourth-order valence-electron chi connectivity index (χ4n) is 2.37. The third kappa shape index (κ3) is 5.86. The summed E-state index contributed by atoms with van der Waals surface area (Å²) in [5.41, 5.74) is 2.09. The summed E-state index contributed by atoms with van der Waals surface area (Å²) < 4.78 is 25.2. The quantitative estimate of drug-likeness (QED) is 0.695. The van der Waals surface area contributed by atoms with Crippen LogP contribution >= 0.6 is 0 Å². The lowest BCUT2D eigenvalue weighted by Crippen LogP contribution is -2.35. The predicted molar refractivity (Wildman–Crippen MR) is 102 cm³/mol. The number of rotatable bonds is 8. The summed E-state index contributed by atoms with van der Waals surface area (Å²) in [6, 6.07) is 16.4. The molecule has 0 spiro atoms. The molecule has 0 unspecified atom stereocenters. The summed E-state index contributed by atoms with van der Waals surface area (Å²) in [7, 11) is -0.368. The Morgan fingerprint density at radius 3 is 2.19 bits per heavy atom. The molecule has 0 aromatic heterocycles. The average Bonchev–Trinajstić information content (AvgIpc) is 2.64. The maximum Gasteiger partial charge on any atom is 0.315 e. The highest BCUT2D eigenvalue weighted by Gasteiger charge is 2.16. The number of benzene rings is 2. The molecule has 0 aliphatic carbocycles. The Bertz CT molecular complexity index is 804. The summed E-state index contributed by atoms with van der Waals surface area (Å²) in [4.78, 5) is 12.0. The van der Waals surface area contributed by atoms with Crippen LogP contribution in [0.4, 0.5) is 4.79 Å². The summed E-state index contributed by atoms with van der Waals surface area (Å²) in [6.07, 6.45) is 1.54. The Morgan fingerprint density at radius 2 is 1.58 bits per heavy atom. The molecule has 2 rings (SSSR count). The van der Waals surface area contributed by atoms with Crippen LogP contribution in [0, 0.1) is 0 Å². The van der Waals surface area contributed by atoms with Crippen LogP contribution < -0.4 is 10.6 Å². The van der Waals surface area contributed by atoms with Crippen LogP contribution in [0.1, 0.15) is 17.5 Å². The van der Waals surface area contributed by atoms with E-state index in [0.29, 0.717) is 13.1 Å². The molecule has 0 atom stereocenters. The Kier molecular flexibility index (Phi) is 7.17. The monoisotopic (exact) mass is 375 g/mol. The van der Waals surface area contributed by atoms with E-state index in [1.54, 1.807) is 12.1 Å². The smallest absolute Gasteiger partial charge is 0.315 e. The summed E-state index contributed by atoms with van der Waals surface area (Å²) in [5, 5.41) is 5.63. The SMILES string of the molecule is CN(C)S(=O)(=O)c1ccc(CCCNC(=O)NCc2ccccc2)cc1. The van der Waals surface area contributed by atoms with E-state index in [2.05, 4.69) is 10.6 Å². The van der Waals surface area contributed by atoms with Crippen LogP contribution in [0.2, 0.25) is 0 Å². The first-order valence-electron chi connectivity index (χ1n) is 8.46. The molecule has 0 heterocycles. The Hall–Kier alpha value is -2.38. The minimum atomic E-state index is -3.39. The fraction of sp³-hybridized carbons (Fsp3) is 0.316. The van der Waals surface area contributed by atoms with E-state index in [-0.39, 0.29) is 10.9 Å². The lowest BCUT2D eigenvalue weighted by Gasteiger charge is -2.11. The number of amides is 2. The van der Waals surface area contributed by atoms with Gasteiger partial charge in [0.2, 0.25) is 10.0 Å². The van der Waals surface area contributed by atoms with Crippen molar-refractivity contribution in [3.63, 3.8) is 0 Å². The molecule has 0 aliphatic rings. The van der Waals surface area contributed by atoms with E-state index < -0.39 is 10.0 Å². The van der Waals surface area contributed by atoms with Gasteiger partial charge < -0.3 is 10.6 Å². The van der Waals surface area contributed by atoms with Gasteiger partial charge in [-0.2, -0.15) is 0 Å². The van der Waals surface area contributed by atoms with Gasteiger partial charge in [-0.25, -0.2) is 17.5 Å². The molecule has 6 nitrogen and oxygen atoms in total. The number of nitrogens with one attached hydrogen (secondary N) is 2. The molecule has 0 radical (unpaired) electrons. The van der Waals surface area contributed by atoms with E-state index in [1.165, 1.54) is 18.4 Å². The molecule has 26 heavy (non-hydrogen) atoms. The first-order chi connectivity index (χ1) is 12.4. The molecule has 0 aliphatic heterocycles. The van der Waals surface area contributed by atoms with Crippen molar-refractivity contribution >= 4 is 16.1 Å². The summed E-state index contributed by atoms with van der Waals surface area (Å²) in [5.74, 6) is 0. The van der Waals surface area contributed by atoms with Gasteiger partial charge in [-0.05, 0) is 36.1 Å². The maximum atomic E-state index is 12.0. The van der Waals surface area contributed by atoms with E-state index in [9.17, 15) is 13.2 Å². The first-order valence-corrected chi connectivity index (χ1v) is 9.90. The maximum absolute atomic E-state index is 12.0. The number of carbonyl (C=O) groups is 1. The van der Waals surface area contributed by atoms with Crippen molar-refractivity contribution in [1.29, 1.82) is 0 Å². The van der Waals surface area contributed by atoms with Gasteiger partial charge in [0.15, 0.2) is 0 Å². The van der Waals surface area contributed by atoms with Crippen molar-refractivity contribution in [2.45, 2.75) is 24.3 Å². The zero-order valence-corrected chi connectivity index (χ0v) is 15.9. The molecule has 2 aromatic carbocycles. The molecule has 2 amide bonds. The van der Waals surface area contributed by atoms with Crippen molar-refractivity contribution < 1.29 is 13.2 Å². The number of aryl methyl sites for hydroxylation is 1. The van der Waals surface area contributed by atoms with Gasteiger partial charge in [-0.3, -0.25) is 0 Å². The van der Waals surface area contributed by atoms with Crippen LogP contribution in [0.15, 0.2) is 59.5 Å². The van der Waals surface area contributed by atoms with E-state index >= 15 is 0 Å². The molecule has 0 saturated carbocycles. The van der Waals surface area contributed by atoms with Gasteiger partial charge in [0.25, 0.3) is 0 Å². The fourth-order valence-corrected chi connectivity index (χ4v) is 3.28. The summed E-state index contributed by atoms with van der Waals surface area (Å²) in [6.45, 7) is 1.05. The highest BCUT2D eigenvalue weighted by molar-refractivity contribution is 7.89. The number of hydrogen-bond donors (Lipinski definition) is 2. The summed E-state index contributed by atoms with van der Waals surface area (Å²) >= 11 is 0. The molecule has 2 aromatic rings. The number of sulfonamides is 1. The topological polar surface area (TPSA) is 78.5 Å². The van der Waals surface area contributed by atoms with Crippen molar-refractivity contribution in [1.82, 2.24) is 14.9 Å². The van der Waals surface area contributed by atoms with Crippen LogP contribution in [-0.2, 0) is 23.0 Å². The number of hydrogen-bond acceptors (Lipinski definition) is 3. The number of carbonyl (C=O) groups excluding carboxylic acids is 1. The molecular weight excluding hydrogens is 350 g/mol. The Morgan fingerprint density at radius 1 is 0.923 bits per heavy atom. The Labute approximate surface area is 155 Å². The normalized spacial score (nSPS) is 11.3. The molecule has 140 valence electrons. The van der Waals surface area contributed by atoms with Gasteiger partial charge in [0, 0.05) is 27.2 Å². The number of urea groups is 1. The van der Waals surface area contributed by atoms with Gasteiger partial charge in [0.1, 0.15) is 0 Å². The van der Waals surface area contributed by atoms with Crippen molar-refractivity contribution in [2.75, 3.05) is 20.6 Å². The molecule has 0 saturated heterocycles. The third-order valence-corrected chi connectivity index (χ3v) is 5.75. The average molecular weight is 375 g/mol. The van der Waals surface area contributed by atoms with Crippen molar-refractivity contribution in [3.05, 3.63) is 65.7 Å². The van der Waals surface area contributed by atoms with E-state index in [1.807, 2.05) is 42.5 Å². The second-order valence-electron chi connectivity index (χ2n) is 6.13. The molecule has 2 N–H and O–H groups in total. The van der Waals surface area contributed by atoms with Crippen molar-refractivity contribution in [3.8, 4) is 0 Å². The molecule has 7 heteroatoms. The number of nitrogens with zero attached hydrogens (tertiary/aromatic N) is 1. The van der Waals surface area contributed by atoms with Crippen LogP contribution in [0.3, 0.4) is 0 Å². The van der Waals surface area contributed by atoms with Crippen molar-refractivity contribution in [2.24, 2.45) is 0 Å². The van der Waals surface area contributed by atoms with Gasteiger partial charge in [0.05, 0.1) is 4.90 Å². The predicted octanol–water partition coefficient (Wildman–Crippen LogP) is 2.37. The Balaban J connectivity index is 1.70. The van der Waals surface area contributed by atoms with Gasteiger partial charge >= 0.3 is 6.03 Å². The van der Waals surface area contributed by atoms with Crippen LogP contribution in [-0.4, -0.2) is 39.4 Å². The van der Waals surface area contributed by atoms with Gasteiger partial charge in [-0.1, -0.05) is 42.5 Å².